The van der Waals surface area contributed by atoms with Gasteiger partial charge in [0.1, 0.15) is 0 Å². The summed E-state index contributed by atoms with van der Waals surface area (Å²) < 4.78 is 0. The zero-order valence-corrected chi connectivity index (χ0v) is 18.6. The number of piperazine rings is 1. The summed E-state index contributed by atoms with van der Waals surface area (Å²) in [5.41, 5.74) is 9.46. The van der Waals surface area contributed by atoms with Crippen molar-refractivity contribution in [2.75, 3.05) is 19.6 Å². The number of aromatic amines is 1. The molecule has 4 atom stereocenters. The van der Waals surface area contributed by atoms with Crippen LogP contribution in [0.5, 0.6) is 0 Å². The van der Waals surface area contributed by atoms with Crippen molar-refractivity contribution in [3.8, 4) is 0 Å². The van der Waals surface area contributed by atoms with Crippen LogP contribution in [-0.4, -0.2) is 53.0 Å². The van der Waals surface area contributed by atoms with Gasteiger partial charge in [-0.05, 0) is 44.9 Å². The predicted octanol–water partition coefficient (Wildman–Crippen LogP) is 2.74. The van der Waals surface area contributed by atoms with Gasteiger partial charge in [0.25, 0.3) is 0 Å². The second-order valence-electron chi connectivity index (χ2n) is 8.59. The number of H-pyrrole nitrogens is 1. The lowest BCUT2D eigenvalue weighted by Crippen LogP contribution is -2.50. The molecule has 162 valence electrons. The Bertz CT molecular complexity index is 863. The minimum atomic E-state index is 0.103. The van der Waals surface area contributed by atoms with Crippen molar-refractivity contribution in [3.63, 3.8) is 0 Å². The summed E-state index contributed by atoms with van der Waals surface area (Å²) in [5, 5.41) is 19.2. The molecule has 1 aliphatic carbocycles. The van der Waals surface area contributed by atoms with Crippen molar-refractivity contribution < 1.29 is 0 Å². The second-order valence-corrected chi connectivity index (χ2v) is 8.59. The average Bonchev–Trinajstić information content (AvgIpc) is 3.38. The molecule has 2 aliphatic heterocycles. The van der Waals surface area contributed by atoms with Gasteiger partial charge in [-0.3, -0.25) is 5.10 Å². The Balaban J connectivity index is 1.68. The number of aromatic nitrogens is 2. The summed E-state index contributed by atoms with van der Waals surface area (Å²) in [6.07, 6.45) is 13.1. The molecule has 4 rings (SSSR count). The number of hydrogen-bond donors (Lipinski definition) is 4. The summed E-state index contributed by atoms with van der Waals surface area (Å²) in [4.78, 5) is 2.50. The van der Waals surface area contributed by atoms with Gasteiger partial charge in [0.15, 0.2) is 0 Å². The third-order valence-corrected chi connectivity index (χ3v) is 6.33. The zero-order valence-electron chi connectivity index (χ0n) is 18.6. The molecule has 0 aromatic carbocycles. The highest BCUT2D eigenvalue weighted by Crippen LogP contribution is 2.33. The second kappa shape index (κ2) is 9.08. The molecule has 0 spiro atoms. The fourth-order valence-corrected chi connectivity index (χ4v) is 4.70. The number of hydrogen-bond acceptors (Lipinski definition) is 6. The standard InChI is InChI=1S/C23H35N7/c1-5-7-17(6-2)23(19-13-26-28-16(19)4)27-21-10-18-12-25-29-20(18)11-22(21)30-9-8-24-15(3)14-30/h6,10-13,15,18,20,23-24,27,29H,5,7-9,14H2,1-4H3,(H,26,28)/b17-6+/t15-,18?,20?,23?/m0/s1. The van der Waals surface area contributed by atoms with Crippen LogP contribution in [0.4, 0.5) is 0 Å². The first-order valence-corrected chi connectivity index (χ1v) is 11.2. The molecule has 4 N–H and O–H groups in total. The SMILES string of the molecule is C/C=C(\CCC)C(NC1=CC2C=NNC2C=C1N1CCN[C@@H](C)C1)c1cn[nH]c1C. The highest BCUT2D eigenvalue weighted by molar-refractivity contribution is 5.69. The van der Waals surface area contributed by atoms with E-state index >= 15 is 0 Å². The maximum atomic E-state index is 4.33. The largest absolute Gasteiger partial charge is 0.373 e. The van der Waals surface area contributed by atoms with Crippen LogP contribution in [0.1, 0.15) is 50.9 Å². The van der Waals surface area contributed by atoms with Crippen LogP contribution in [0.3, 0.4) is 0 Å². The number of allylic oxidation sites excluding steroid dienone is 1. The van der Waals surface area contributed by atoms with Crippen LogP contribution in [0, 0.1) is 12.8 Å². The van der Waals surface area contributed by atoms with Crippen molar-refractivity contribution in [2.45, 2.75) is 58.7 Å². The average molecular weight is 410 g/mol. The lowest BCUT2D eigenvalue weighted by atomic mass is 9.90. The van der Waals surface area contributed by atoms with Crippen molar-refractivity contribution in [1.29, 1.82) is 0 Å². The van der Waals surface area contributed by atoms with Gasteiger partial charge in [-0.25, -0.2) is 0 Å². The summed E-state index contributed by atoms with van der Waals surface area (Å²) in [5.74, 6) is 0.280. The predicted molar refractivity (Wildman–Crippen MR) is 122 cm³/mol. The molecule has 1 fully saturated rings. The smallest absolute Gasteiger partial charge is 0.0761 e. The van der Waals surface area contributed by atoms with Gasteiger partial charge in [-0.15, -0.1) is 0 Å². The van der Waals surface area contributed by atoms with Gasteiger partial charge in [0.05, 0.1) is 29.7 Å². The minimum Gasteiger partial charge on any atom is -0.373 e. The van der Waals surface area contributed by atoms with Gasteiger partial charge < -0.3 is 21.0 Å². The first kappa shape index (κ1) is 20.7. The molecule has 7 heteroatoms. The van der Waals surface area contributed by atoms with E-state index in [1.807, 2.05) is 12.4 Å². The molecular weight excluding hydrogens is 374 g/mol. The number of rotatable bonds is 7. The van der Waals surface area contributed by atoms with Crippen molar-refractivity contribution >= 4 is 6.21 Å². The van der Waals surface area contributed by atoms with Gasteiger partial charge in [-0.1, -0.05) is 19.4 Å². The van der Waals surface area contributed by atoms with E-state index in [9.17, 15) is 0 Å². The Morgan fingerprint density at radius 2 is 2.27 bits per heavy atom. The monoisotopic (exact) mass is 409 g/mol. The molecule has 7 nitrogen and oxygen atoms in total. The molecule has 0 saturated carbocycles. The van der Waals surface area contributed by atoms with E-state index in [4.69, 9.17) is 0 Å². The topological polar surface area (TPSA) is 80.4 Å². The third-order valence-electron chi connectivity index (χ3n) is 6.33. The van der Waals surface area contributed by atoms with Crippen LogP contribution in [-0.2, 0) is 0 Å². The van der Waals surface area contributed by atoms with E-state index in [1.54, 1.807) is 0 Å². The number of nitrogens with zero attached hydrogens (tertiary/aromatic N) is 3. The molecule has 3 heterocycles. The normalized spacial score (nSPS) is 27.3. The fourth-order valence-electron chi connectivity index (χ4n) is 4.70. The van der Waals surface area contributed by atoms with Crippen LogP contribution >= 0.6 is 0 Å². The molecular formula is C23H35N7. The van der Waals surface area contributed by atoms with Crippen molar-refractivity contribution in [3.05, 3.63) is 52.6 Å². The van der Waals surface area contributed by atoms with E-state index < -0.39 is 0 Å². The molecule has 1 saturated heterocycles. The molecule has 30 heavy (non-hydrogen) atoms. The fraction of sp³-hybridized carbons (Fsp3) is 0.565. The molecule has 3 unspecified atom stereocenters. The maximum absolute atomic E-state index is 4.33. The molecule has 1 aromatic heterocycles. The van der Waals surface area contributed by atoms with E-state index in [1.165, 1.54) is 22.5 Å². The summed E-state index contributed by atoms with van der Waals surface area (Å²) >= 11 is 0. The lowest BCUT2D eigenvalue weighted by molar-refractivity contribution is 0.254. The summed E-state index contributed by atoms with van der Waals surface area (Å²) in [7, 11) is 0. The first-order valence-electron chi connectivity index (χ1n) is 11.2. The highest BCUT2D eigenvalue weighted by atomic mass is 15.3. The van der Waals surface area contributed by atoms with Gasteiger partial charge in [0, 0.05) is 49.1 Å². The van der Waals surface area contributed by atoms with Gasteiger partial charge in [0.2, 0.25) is 0 Å². The van der Waals surface area contributed by atoms with E-state index in [-0.39, 0.29) is 18.0 Å². The molecule has 3 aliphatic rings. The molecule has 1 aromatic rings. The Labute approximate surface area is 179 Å². The number of aryl methyl sites for hydroxylation is 1. The first-order chi connectivity index (χ1) is 14.6. The van der Waals surface area contributed by atoms with Crippen molar-refractivity contribution in [1.82, 2.24) is 31.2 Å². The lowest BCUT2D eigenvalue weighted by Gasteiger charge is -2.39. The third kappa shape index (κ3) is 4.17. The van der Waals surface area contributed by atoms with Gasteiger partial charge in [-0.2, -0.15) is 10.2 Å². The van der Waals surface area contributed by atoms with E-state index in [0.29, 0.717) is 6.04 Å². The van der Waals surface area contributed by atoms with Crippen LogP contribution in [0.25, 0.3) is 0 Å². The molecule has 0 radical (unpaired) electrons. The Morgan fingerprint density at radius 1 is 1.40 bits per heavy atom. The summed E-state index contributed by atoms with van der Waals surface area (Å²) in [6, 6.07) is 0.817. The minimum absolute atomic E-state index is 0.103. The number of hydrazone groups is 1. The molecule has 0 amide bonds. The van der Waals surface area contributed by atoms with Gasteiger partial charge >= 0.3 is 0 Å². The molecule has 0 bridgehead atoms. The van der Waals surface area contributed by atoms with E-state index in [0.717, 1.165) is 38.2 Å². The number of nitrogens with one attached hydrogen (secondary N) is 4. The highest BCUT2D eigenvalue weighted by Gasteiger charge is 2.32. The zero-order chi connectivity index (χ0) is 21.1. The quantitative estimate of drug-likeness (QED) is 0.521. The van der Waals surface area contributed by atoms with Crippen LogP contribution in [0.15, 0.2) is 46.5 Å². The summed E-state index contributed by atoms with van der Waals surface area (Å²) in [6.45, 7) is 11.7. The Morgan fingerprint density at radius 3 is 2.97 bits per heavy atom. The van der Waals surface area contributed by atoms with Crippen LogP contribution < -0.4 is 16.1 Å². The van der Waals surface area contributed by atoms with Crippen molar-refractivity contribution in [2.24, 2.45) is 11.0 Å². The Hall–Kier alpha value is -2.54. The Kier molecular flexibility index (Phi) is 6.27. The van der Waals surface area contributed by atoms with Crippen LogP contribution in [0.2, 0.25) is 0 Å². The maximum Gasteiger partial charge on any atom is 0.0761 e. The number of fused-ring (bicyclic) bond motifs is 1. The van der Waals surface area contributed by atoms with E-state index in [2.05, 4.69) is 82.2 Å².